The normalized spacial score (nSPS) is 21.6. The lowest BCUT2D eigenvalue weighted by Crippen LogP contribution is -2.52. The second kappa shape index (κ2) is 50.6. The van der Waals surface area contributed by atoms with Crippen molar-refractivity contribution in [3.05, 3.63) is 136 Å². The summed E-state index contributed by atoms with van der Waals surface area (Å²) in [7, 11) is -5.90. The molecule has 0 spiro atoms. The molecule has 4 heterocycles. The first-order valence-electron chi connectivity index (χ1n) is 45.7. The molecule has 2 N–H and O–H groups in total. The fourth-order valence-corrected chi connectivity index (χ4v) is 19.5. The summed E-state index contributed by atoms with van der Waals surface area (Å²) in [5, 5.41) is 29.3. The standard InChI is InChI=1S/C40H71NO4SSi2.C34H57NO5SSi.C29H43NO3S/c1-28(21-22-29(2)31(4)25-35-27-46-34(7)41-35)19-18-20-30(3)32(5)33(6)38(43)40(11,12)36(45-48(16,17)39(8,9)10)26-37(42)44-23-24-47(13,14)15;1-22(17-18-29(36)24(3)19-28-21-41-27(6)35-28)15-14-16-23(2)25(4)26(5)32(39)34(10,11)30(20-31(37)38)40-42(12,13)33(7,8)9;1-18-11-10-12-19(2)22(5)23(6)28(32)29(8,9)21(4)16-27(31)33-26(14-13-18)20(3)15-25-17-34-24(7)30-25/h18,20-21,25,27,29-30,32-33,36H,19,22-24,26H2,1-17H3;14,16-17,19,21,23,25-26,29-30,36H,15,18,20H2,1-13H3,(H,37,38);10,12-13,15,17,19,21-23,26H,11,14,16H2,1-9H3/b20-18+,28-21-,31-25+;16-14+,22-17-,24-19+;12-10+,18-13-,20-15+/t29-,30-,32-,33+,36-;23-,25-,26+,29-,30-;19-,21-,22-,23+,26-/m000/s1. The number of hydrogen-bond donors (Lipinski definition) is 2. The first-order valence-corrected chi connectivity index (χ1v) is 57.9. The fourth-order valence-electron chi connectivity index (χ4n) is 14.2. The zero-order valence-corrected chi connectivity index (χ0v) is 90.1. The number of cyclic esters (lactones) is 1. The van der Waals surface area contributed by atoms with Crippen molar-refractivity contribution in [1.29, 1.82) is 0 Å². The number of carboxylic acids is 1. The van der Waals surface area contributed by atoms with Crippen LogP contribution < -0.4 is 0 Å². The first kappa shape index (κ1) is 115. The Morgan fingerprint density at radius 2 is 1.04 bits per heavy atom. The summed E-state index contributed by atoms with van der Waals surface area (Å²) in [6.07, 6.45) is 28.7. The van der Waals surface area contributed by atoms with E-state index in [0.717, 1.165) is 75.0 Å². The highest BCUT2D eigenvalue weighted by Crippen LogP contribution is 2.46. The lowest BCUT2D eigenvalue weighted by molar-refractivity contribution is -0.151. The molecule has 700 valence electrons. The summed E-state index contributed by atoms with van der Waals surface area (Å²) in [4.78, 5) is 93.0. The van der Waals surface area contributed by atoms with Gasteiger partial charge >= 0.3 is 17.9 Å². The van der Waals surface area contributed by atoms with Gasteiger partial charge in [0, 0.05) is 71.1 Å². The molecule has 0 unspecified atom stereocenters. The molecule has 1 aliphatic rings. The average molecular weight is 1820 g/mol. The second-order valence-electron chi connectivity index (χ2n) is 42.6. The SMILES string of the molecule is C/C(=C/C[C@H](C)/C(C)=C/c1csc(C)n1)C/C=C/[C@H](C)[C@H](C)[C@@H](C)C(=O)C(C)(C)[C@H](CC(=O)OCC[Si](C)(C)C)O[Si](C)(C)C(C)(C)C.C/C(=C/C[C@H](O)/C(C)=C/c1csc(C)n1)C/C=C/[C@H](C)[C@H](C)[C@@H](C)C(=O)C(C)(C)[C@H](CC(=O)O)O[Si](C)(C)C(C)(C)C.C/C1=C/C[C@@H](/C(C)=C/c2csc(C)n2)OC(=O)C[C@H](C)C(C)(C)C(=O)[C@H](C)[C@@H](C)[C@@H](C)/C=C/C1. The van der Waals surface area contributed by atoms with E-state index in [4.69, 9.17) is 18.3 Å². The molecular weight excluding hydrogens is 1650 g/mol. The van der Waals surface area contributed by atoms with Crippen molar-refractivity contribution in [1.82, 2.24) is 15.0 Å². The number of rotatable bonds is 37. The van der Waals surface area contributed by atoms with E-state index in [1.165, 1.54) is 22.3 Å². The number of carbonyl (C=O) groups is 6. The van der Waals surface area contributed by atoms with Gasteiger partial charge in [0.25, 0.3) is 0 Å². The number of aromatic nitrogens is 3. The van der Waals surface area contributed by atoms with Crippen LogP contribution in [0.2, 0.25) is 61.9 Å². The van der Waals surface area contributed by atoms with Gasteiger partial charge in [-0.1, -0.05) is 256 Å². The number of aliphatic carboxylic acids is 1. The lowest BCUT2D eigenvalue weighted by Gasteiger charge is -2.44. The zero-order chi connectivity index (χ0) is 95.5. The Morgan fingerprint density at radius 1 is 0.621 bits per heavy atom. The minimum atomic E-state index is -2.29. The maximum absolute atomic E-state index is 14.3. The Labute approximate surface area is 769 Å². The van der Waals surface area contributed by atoms with E-state index < -0.39 is 65.2 Å². The quantitative estimate of drug-likeness (QED) is 0.0312. The van der Waals surface area contributed by atoms with E-state index in [1.807, 2.05) is 127 Å². The fraction of sp³-hybridized carbons (Fsp3) is 0.680. The Balaban J connectivity index is 0.000000639. The molecule has 1 aliphatic heterocycles. The van der Waals surface area contributed by atoms with Gasteiger partial charge in [-0.3, -0.25) is 28.8 Å². The van der Waals surface area contributed by atoms with Crippen LogP contribution in [-0.4, -0.2) is 116 Å². The van der Waals surface area contributed by atoms with Crippen molar-refractivity contribution in [3.8, 4) is 0 Å². The number of ether oxygens (including phenoxy) is 2. The molecule has 0 bridgehead atoms. The number of Topliss-reactive ketones (excluding diaryl/α,β-unsaturated/α-hetero) is 3. The van der Waals surface area contributed by atoms with Crippen LogP contribution in [0.25, 0.3) is 18.2 Å². The molecule has 0 radical (unpaired) electrons. The predicted molar refractivity (Wildman–Crippen MR) is 536 cm³/mol. The van der Waals surface area contributed by atoms with E-state index in [1.54, 1.807) is 34.0 Å². The number of carboxylic acid groups (broad SMARTS) is 1. The topological polar surface area (TPSA) is 218 Å². The van der Waals surface area contributed by atoms with Gasteiger partial charge in [0.05, 0.1) is 69.9 Å². The number of thiazole rings is 3. The van der Waals surface area contributed by atoms with Gasteiger partial charge < -0.3 is 28.5 Å². The van der Waals surface area contributed by atoms with Crippen LogP contribution in [0.3, 0.4) is 0 Å². The minimum absolute atomic E-state index is 0.0431. The molecule has 3 aromatic heterocycles. The maximum Gasteiger partial charge on any atom is 0.308 e. The number of hydrogen-bond acceptors (Lipinski definition) is 17. The summed E-state index contributed by atoms with van der Waals surface area (Å²) in [6.45, 7) is 82.0. The van der Waals surface area contributed by atoms with Crippen molar-refractivity contribution >= 4 is 112 Å². The van der Waals surface area contributed by atoms with Crippen molar-refractivity contribution in [2.45, 2.75) is 366 Å². The third-order valence-electron chi connectivity index (χ3n) is 27.6. The van der Waals surface area contributed by atoms with E-state index in [-0.39, 0.29) is 118 Å². The van der Waals surface area contributed by atoms with Crippen molar-refractivity contribution in [2.75, 3.05) is 6.61 Å². The molecule has 21 heteroatoms. The van der Waals surface area contributed by atoms with Crippen molar-refractivity contribution in [2.24, 2.45) is 81.3 Å². The van der Waals surface area contributed by atoms with Gasteiger partial charge in [0.15, 0.2) is 16.6 Å². The number of aryl methyl sites for hydroxylation is 3. The number of carbonyl (C=O) groups excluding carboxylic acids is 5. The molecule has 124 heavy (non-hydrogen) atoms. The number of ketones is 3. The van der Waals surface area contributed by atoms with Crippen LogP contribution in [0.4, 0.5) is 0 Å². The second-order valence-corrected chi connectivity index (χ2v) is 61.0. The van der Waals surface area contributed by atoms with Gasteiger partial charge in [-0.2, -0.15) is 0 Å². The summed E-state index contributed by atoms with van der Waals surface area (Å²) < 4.78 is 25.1. The van der Waals surface area contributed by atoms with Gasteiger partial charge in [-0.05, 0) is 213 Å². The Kier molecular flexibility index (Phi) is 46.8. The highest BCUT2D eigenvalue weighted by molar-refractivity contribution is 7.10. The molecule has 0 saturated heterocycles. The van der Waals surface area contributed by atoms with Crippen LogP contribution in [0.1, 0.15) is 291 Å². The van der Waals surface area contributed by atoms with Gasteiger partial charge in [-0.15, -0.1) is 34.0 Å². The molecule has 3 aromatic rings. The van der Waals surface area contributed by atoms with Crippen molar-refractivity contribution < 1.29 is 57.3 Å². The molecule has 4 rings (SSSR count). The number of esters is 2. The average Bonchev–Trinajstić information content (AvgIpc) is 0.890. The third-order valence-corrected chi connectivity index (χ3v) is 40.6. The molecule has 0 saturated carbocycles. The maximum atomic E-state index is 14.3. The largest absolute Gasteiger partial charge is 0.481 e. The Bertz CT molecular complexity index is 4210. The third kappa shape index (κ3) is 38.3. The monoisotopic (exact) mass is 1820 g/mol. The summed E-state index contributed by atoms with van der Waals surface area (Å²) in [5.74, 6) is -0.158. The molecule has 15 atom stereocenters. The summed E-state index contributed by atoms with van der Waals surface area (Å²) in [6, 6.07) is 0.924. The summed E-state index contributed by atoms with van der Waals surface area (Å²) in [5.41, 5.74) is 7.42. The number of aliphatic hydroxyl groups excluding tert-OH is 1. The van der Waals surface area contributed by atoms with E-state index >= 15 is 0 Å². The van der Waals surface area contributed by atoms with Crippen LogP contribution in [0, 0.1) is 102 Å². The number of allylic oxidation sites excluding steroid dienone is 11. The van der Waals surface area contributed by atoms with Gasteiger partial charge in [0.2, 0.25) is 0 Å². The molecule has 0 aromatic carbocycles. The highest BCUT2D eigenvalue weighted by Gasteiger charge is 2.50. The van der Waals surface area contributed by atoms with E-state index in [9.17, 15) is 39.0 Å². The van der Waals surface area contributed by atoms with Gasteiger partial charge in [-0.25, -0.2) is 15.0 Å². The van der Waals surface area contributed by atoms with Gasteiger partial charge in [0.1, 0.15) is 23.5 Å². The van der Waals surface area contributed by atoms with Crippen LogP contribution >= 0.6 is 34.0 Å². The highest BCUT2D eigenvalue weighted by atomic mass is 32.1. The molecule has 15 nitrogen and oxygen atoms in total. The molecule has 0 aliphatic carbocycles. The lowest BCUT2D eigenvalue weighted by atomic mass is 9.68. The Hall–Kier alpha value is -5.50. The van der Waals surface area contributed by atoms with E-state index in [0.29, 0.717) is 31.3 Å². The first-order chi connectivity index (χ1) is 56.7. The number of nitrogens with zero attached hydrogens (tertiary/aromatic N) is 3. The number of aliphatic hydroxyl groups is 1. The molecule has 0 amide bonds. The zero-order valence-electron chi connectivity index (χ0n) is 84.6. The van der Waals surface area contributed by atoms with Crippen LogP contribution in [0.15, 0.2) is 104 Å². The van der Waals surface area contributed by atoms with Crippen LogP contribution in [0.5, 0.6) is 0 Å². The molecular formula is C103H171N3O12S3Si3. The Morgan fingerprint density at radius 3 is 1.45 bits per heavy atom. The minimum Gasteiger partial charge on any atom is -0.481 e. The van der Waals surface area contributed by atoms with Crippen molar-refractivity contribution in [3.63, 3.8) is 0 Å². The molecule has 0 fully saturated rings. The van der Waals surface area contributed by atoms with Crippen LogP contribution in [-0.2, 0) is 47.1 Å². The van der Waals surface area contributed by atoms with E-state index in [2.05, 4.69) is 245 Å². The predicted octanol–water partition coefficient (Wildman–Crippen LogP) is 28.4. The smallest absolute Gasteiger partial charge is 0.308 e. The summed E-state index contributed by atoms with van der Waals surface area (Å²) >= 11 is 4.89.